The predicted octanol–water partition coefficient (Wildman–Crippen LogP) is 13.2. The molecule has 0 spiro atoms. The number of halogens is 7. The summed E-state index contributed by atoms with van der Waals surface area (Å²) in [6, 6.07) is 21.9. The topological polar surface area (TPSA) is 328 Å². The van der Waals surface area contributed by atoms with E-state index in [0.717, 1.165) is 24.0 Å². The molecular weight excluding hydrogens is 1340 g/mol. The Balaban J connectivity index is 0.000000155. The van der Waals surface area contributed by atoms with Gasteiger partial charge in [-0.2, -0.15) is 42.0 Å². The average Bonchev–Trinajstić information content (AvgIpc) is 1.79. The number of rotatable bonds is 14. The third-order valence-electron chi connectivity index (χ3n) is 14.4. The Morgan fingerprint density at radius 2 is 1.05 bits per heavy atom. The van der Waals surface area contributed by atoms with Gasteiger partial charge in [-0.3, -0.25) is 0 Å². The smallest absolute Gasteiger partial charge is 0.392 e. The standard InChI is InChI=1S/C20H14ClF3N8.C20H16ClFN8.C20H17ClN8O2S.H2S/c1-10(30-19-17(26-2)18(25)28-9-29-19)13-7-15-27-8-14(21)32(15)31-16(13)11-4-3-5-12(6-11)20(22,23)24;1-2-14(28-20-18-19(25-9-24-18)26-10-27-20)13-7-16-23-8-15(21)30(16)29-17(13)11-4-3-5-12(22)6-11;1-11(27-20-18(23-2)19(22)25-10-26-20)14-8-16-24-9-15(21)29(16)28-17(14)12-5-4-6-13(7-12)32(3,30)31;/h3-10H,1H3,(H3,25,28,29,30);3-10,14H,2H2,1H3,(H2,24,25,26,27,28);4-11H,1,3H3,(H3,22,25,26,27);1H2/t10-;14-;11-;/m000./s1. The molecule has 0 unspecified atom stereocenters. The van der Waals surface area contributed by atoms with Gasteiger partial charge in [0.1, 0.15) is 53.6 Å². The molecule has 8 N–H and O–H groups in total. The molecular formula is C60H49Cl3F4N24O2S2. The van der Waals surface area contributed by atoms with Crippen LogP contribution < -0.4 is 27.4 Å². The quantitative estimate of drug-likeness (QED) is 0.0435. The van der Waals surface area contributed by atoms with Crippen molar-refractivity contribution in [1.29, 1.82) is 0 Å². The number of nitrogens with two attached hydrogens (primary N) is 2. The van der Waals surface area contributed by atoms with Crippen LogP contribution in [0, 0.1) is 19.0 Å². The van der Waals surface area contributed by atoms with Gasteiger partial charge < -0.3 is 32.4 Å². The van der Waals surface area contributed by atoms with Gasteiger partial charge >= 0.3 is 6.18 Å². The maximum Gasteiger partial charge on any atom is 0.416 e. The highest BCUT2D eigenvalue weighted by molar-refractivity contribution is 7.90. The Kier molecular flexibility index (Phi) is 19.6. The van der Waals surface area contributed by atoms with Crippen molar-refractivity contribution in [2.45, 2.75) is 56.4 Å². The predicted molar refractivity (Wildman–Crippen MR) is 357 cm³/mol. The highest BCUT2D eigenvalue weighted by Crippen LogP contribution is 2.39. The van der Waals surface area contributed by atoms with Crippen LogP contribution in [-0.4, -0.2) is 98.3 Å². The van der Waals surface area contributed by atoms with Gasteiger partial charge in [-0.05, 0) is 74.9 Å². The van der Waals surface area contributed by atoms with Crippen LogP contribution in [0.5, 0.6) is 0 Å². The third-order valence-corrected chi connectivity index (χ3v) is 16.3. The number of H-pyrrole nitrogens is 1. The normalized spacial score (nSPS) is 12.3. The van der Waals surface area contributed by atoms with Crippen LogP contribution in [-0.2, 0) is 16.0 Å². The van der Waals surface area contributed by atoms with Crippen LogP contribution in [0.1, 0.15) is 67.6 Å². The lowest BCUT2D eigenvalue weighted by Gasteiger charge is -2.21. The van der Waals surface area contributed by atoms with Crippen LogP contribution in [0.25, 0.3) is 71.6 Å². The third kappa shape index (κ3) is 14.2. The van der Waals surface area contributed by atoms with Gasteiger partial charge in [0.2, 0.25) is 0 Å². The number of nitrogens with zero attached hydrogens (tertiary/aromatic N) is 18. The first-order chi connectivity index (χ1) is 45.0. The molecule has 95 heavy (non-hydrogen) atoms. The Bertz CT molecular complexity index is 5250. The number of hydrogen-bond acceptors (Lipinski definition) is 20. The van der Waals surface area contributed by atoms with Crippen molar-refractivity contribution in [1.82, 2.24) is 83.7 Å². The molecule has 0 radical (unpaired) electrons. The maximum absolute atomic E-state index is 14.0. The highest BCUT2D eigenvalue weighted by atomic mass is 35.5. The van der Waals surface area contributed by atoms with Crippen LogP contribution in [0.15, 0.2) is 140 Å². The number of anilines is 5. The molecule has 26 nitrogen and oxygen atoms in total. The van der Waals surface area contributed by atoms with Gasteiger partial charge in [0, 0.05) is 39.6 Å². The second-order valence-corrected chi connectivity index (χ2v) is 23.8. The second kappa shape index (κ2) is 27.7. The molecule has 0 bridgehead atoms. The summed E-state index contributed by atoms with van der Waals surface area (Å²) in [5.41, 5.74) is 18.6. The van der Waals surface area contributed by atoms with Gasteiger partial charge in [0.05, 0.1) is 83.7 Å². The molecule has 0 saturated carbocycles. The minimum absolute atomic E-state index is 0. The fourth-order valence-electron chi connectivity index (χ4n) is 9.88. The van der Waals surface area contributed by atoms with E-state index in [1.54, 1.807) is 49.6 Å². The summed E-state index contributed by atoms with van der Waals surface area (Å²) < 4.78 is 82.4. The van der Waals surface area contributed by atoms with E-state index in [0.29, 0.717) is 84.3 Å². The lowest BCUT2D eigenvalue weighted by Crippen LogP contribution is -2.14. The van der Waals surface area contributed by atoms with Gasteiger partial charge in [-0.25, -0.2) is 85.9 Å². The molecule has 10 heterocycles. The molecule has 10 aromatic heterocycles. The van der Waals surface area contributed by atoms with E-state index in [-0.39, 0.29) is 81.3 Å². The van der Waals surface area contributed by atoms with Crippen molar-refractivity contribution >= 4 is 127 Å². The van der Waals surface area contributed by atoms with Crippen molar-refractivity contribution < 1.29 is 26.0 Å². The van der Waals surface area contributed by atoms with Crippen molar-refractivity contribution in [3.8, 4) is 33.8 Å². The Labute approximate surface area is 558 Å². The number of nitrogen functional groups attached to an aromatic ring is 2. The van der Waals surface area contributed by atoms with Crippen LogP contribution >= 0.6 is 48.3 Å². The molecule has 13 rings (SSSR count). The number of aromatic amines is 1. The van der Waals surface area contributed by atoms with Gasteiger partial charge in [0.15, 0.2) is 53.7 Å². The average molecular weight is 1380 g/mol. The van der Waals surface area contributed by atoms with E-state index in [2.05, 4.69) is 95.8 Å². The zero-order valence-corrected chi connectivity index (χ0v) is 53.8. The molecule has 0 saturated heterocycles. The summed E-state index contributed by atoms with van der Waals surface area (Å²) in [7, 11) is -3.42. The monoisotopic (exact) mass is 1380 g/mol. The van der Waals surface area contributed by atoms with E-state index in [1.807, 2.05) is 26.0 Å². The first-order valence-electron chi connectivity index (χ1n) is 27.8. The molecule has 0 aliphatic heterocycles. The number of nitrogens with one attached hydrogen (secondary N) is 4. The van der Waals surface area contributed by atoms with Gasteiger partial charge in [-0.1, -0.05) is 78.1 Å². The summed E-state index contributed by atoms with van der Waals surface area (Å²) in [6.07, 6.45) is 7.27. The van der Waals surface area contributed by atoms with E-state index in [9.17, 15) is 26.0 Å². The SMILES string of the molecule is CC[C@H](Nc1ncnc2nc[nH]c12)c1cc2ncc(Cl)n2nc1-c1cccc(F)c1.S.[C-]#[N+]c1c(N)ncnc1N[C@@H](C)c1cc2ncc(Cl)n2nc1-c1cccc(C(F)(F)F)c1.[C-]#[N+]c1c(N)ncnc1N[C@@H](C)c1cc2ncc(Cl)n2nc1-c1cccc(S(C)(=O)=O)c1. The summed E-state index contributed by atoms with van der Waals surface area (Å²) >= 11 is 18.6. The molecule has 0 amide bonds. The lowest BCUT2D eigenvalue weighted by molar-refractivity contribution is -0.137. The highest BCUT2D eigenvalue weighted by Gasteiger charge is 2.32. The zero-order chi connectivity index (χ0) is 66.8. The fourth-order valence-corrected chi connectivity index (χ4v) is 11.1. The molecule has 0 fully saturated rings. The van der Waals surface area contributed by atoms with Gasteiger partial charge in [-0.15, -0.1) is 0 Å². The van der Waals surface area contributed by atoms with Crippen LogP contribution in [0.2, 0.25) is 15.5 Å². The summed E-state index contributed by atoms with van der Waals surface area (Å²) in [6.45, 7) is 20.3. The summed E-state index contributed by atoms with van der Waals surface area (Å²) in [5, 5.41) is 24.3. The minimum Gasteiger partial charge on any atom is -0.392 e. The van der Waals surface area contributed by atoms with E-state index >= 15 is 0 Å². The number of imidazole rings is 4. The number of sulfone groups is 1. The Hall–Kier alpha value is -10.9. The second-order valence-electron chi connectivity index (χ2n) is 20.6. The number of alkyl halides is 3. The molecule has 3 atom stereocenters. The number of aromatic nitrogens is 17. The molecule has 13 aromatic rings. The van der Waals surface area contributed by atoms with Crippen molar-refractivity contribution in [3.63, 3.8) is 0 Å². The van der Waals surface area contributed by atoms with Crippen molar-refractivity contribution in [2.75, 3.05) is 33.7 Å². The van der Waals surface area contributed by atoms with E-state index in [1.165, 1.54) is 81.5 Å². The van der Waals surface area contributed by atoms with Crippen LogP contribution in [0.3, 0.4) is 0 Å². The van der Waals surface area contributed by atoms with Crippen molar-refractivity contribution in [3.05, 3.63) is 201 Å². The fraction of sp³-hybridized carbons (Fsp3) is 0.150. The lowest BCUT2D eigenvalue weighted by atomic mass is 9.98. The maximum atomic E-state index is 14.0. The molecule has 35 heteroatoms. The van der Waals surface area contributed by atoms with Crippen LogP contribution in [0.4, 0.5) is 58.0 Å². The number of fused-ring (bicyclic) bond motifs is 4. The number of benzene rings is 3. The zero-order valence-electron chi connectivity index (χ0n) is 49.7. The molecule has 482 valence electrons. The van der Waals surface area contributed by atoms with Gasteiger partial charge in [0.25, 0.3) is 11.4 Å². The molecule has 0 aliphatic carbocycles. The van der Waals surface area contributed by atoms with Crippen molar-refractivity contribution in [2.24, 2.45) is 0 Å². The first-order valence-corrected chi connectivity index (χ1v) is 30.8. The summed E-state index contributed by atoms with van der Waals surface area (Å²) in [4.78, 5) is 51.3. The number of hydrogen-bond donors (Lipinski definition) is 6. The Morgan fingerprint density at radius 1 is 0.600 bits per heavy atom. The first kappa shape index (κ1) is 67.0. The van der Waals surface area contributed by atoms with E-state index < -0.39 is 33.7 Å². The summed E-state index contributed by atoms with van der Waals surface area (Å²) in [5.74, 6) is 0.827. The largest absolute Gasteiger partial charge is 0.416 e. The molecule has 3 aromatic carbocycles. The molecule has 0 aliphatic rings. The van der Waals surface area contributed by atoms with E-state index in [4.69, 9.17) is 59.4 Å². The minimum atomic E-state index is -4.51. The Morgan fingerprint density at radius 3 is 1.54 bits per heavy atom.